The van der Waals surface area contributed by atoms with Gasteiger partial charge in [-0.25, -0.2) is 4.39 Å². The van der Waals surface area contributed by atoms with Gasteiger partial charge in [0.2, 0.25) is 0 Å². The first kappa shape index (κ1) is 15.7. The highest BCUT2D eigenvalue weighted by Gasteiger charge is 2.13. The number of benzene rings is 2. The van der Waals surface area contributed by atoms with Gasteiger partial charge >= 0.3 is 0 Å². The van der Waals surface area contributed by atoms with Crippen molar-refractivity contribution in [3.05, 3.63) is 71.0 Å². The van der Waals surface area contributed by atoms with Crippen LogP contribution < -0.4 is 0 Å². The Morgan fingerprint density at radius 2 is 1.90 bits per heavy atom. The van der Waals surface area contributed by atoms with Gasteiger partial charge in [0.15, 0.2) is 0 Å². The van der Waals surface area contributed by atoms with Crippen molar-refractivity contribution in [1.82, 2.24) is 4.90 Å². The van der Waals surface area contributed by atoms with Gasteiger partial charge in [0.05, 0.1) is 6.10 Å². The Morgan fingerprint density at radius 1 is 1.14 bits per heavy atom. The topological polar surface area (TPSA) is 23.5 Å². The summed E-state index contributed by atoms with van der Waals surface area (Å²) in [6.45, 7) is 3.61. The van der Waals surface area contributed by atoms with E-state index in [1.54, 1.807) is 18.2 Å². The molecule has 112 valence electrons. The van der Waals surface area contributed by atoms with Crippen molar-refractivity contribution in [2.45, 2.75) is 26.0 Å². The van der Waals surface area contributed by atoms with Crippen molar-refractivity contribution in [3.8, 4) is 0 Å². The van der Waals surface area contributed by atoms with Crippen LogP contribution in [0.15, 0.2) is 48.5 Å². The standard InChI is InChI=1S/C18H22FNO/c1-14-6-5-7-15(12-14)13-20(2)11-10-18(21)16-8-3-4-9-17(16)19/h3-9,12,18,21H,10-11,13H2,1-2H3. The van der Waals surface area contributed by atoms with E-state index < -0.39 is 6.10 Å². The summed E-state index contributed by atoms with van der Waals surface area (Å²) in [6, 6.07) is 14.8. The first-order valence-corrected chi connectivity index (χ1v) is 7.23. The molecule has 2 aromatic carbocycles. The van der Waals surface area contributed by atoms with Crippen molar-refractivity contribution in [2.24, 2.45) is 0 Å². The summed E-state index contributed by atoms with van der Waals surface area (Å²) < 4.78 is 13.6. The van der Waals surface area contributed by atoms with Crippen molar-refractivity contribution >= 4 is 0 Å². The quantitative estimate of drug-likeness (QED) is 0.876. The molecule has 0 bridgehead atoms. The molecule has 1 atom stereocenters. The molecular formula is C18H22FNO. The van der Waals surface area contributed by atoms with E-state index in [-0.39, 0.29) is 5.82 Å². The van der Waals surface area contributed by atoms with Crippen LogP contribution in [0.3, 0.4) is 0 Å². The van der Waals surface area contributed by atoms with Gasteiger partial charge in [0.1, 0.15) is 5.82 Å². The highest BCUT2D eigenvalue weighted by atomic mass is 19.1. The third-order valence-electron chi connectivity index (χ3n) is 3.58. The van der Waals surface area contributed by atoms with Crippen LogP contribution in [-0.2, 0) is 6.54 Å². The minimum Gasteiger partial charge on any atom is -0.388 e. The summed E-state index contributed by atoms with van der Waals surface area (Å²) in [5.41, 5.74) is 2.87. The molecule has 1 N–H and O–H groups in total. The third-order valence-corrected chi connectivity index (χ3v) is 3.58. The van der Waals surface area contributed by atoms with E-state index in [0.717, 1.165) is 6.54 Å². The highest BCUT2D eigenvalue weighted by molar-refractivity contribution is 5.22. The van der Waals surface area contributed by atoms with Crippen molar-refractivity contribution in [2.75, 3.05) is 13.6 Å². The van der Waals surface area contributed by atoms with Gasteiger partial charge in [-0.3, -0.25) is 0 Å². The van der Waals surface area contributed by atoms with Gasteiger partial charge in [-0.15, -0.1) is 0 Å². The van der Waals surface area contributed by atoms with E-state index in [9.17, 15) is 9.50 Å². The Kier molecular flexibility index (Phi) is 5.48. The van der Waals surface area contributed by atoms with Crippen LogP contribution in [0.1, 0.15) is 29.2 Å². The molecule has 3 heteroatoms. The monoisotopic (exact) mass is 287 g/mol. The molecule has 0 radical (unpaired) electrons. The second-order valence-corrected chi connectivity index (χ2v) is 5.55. The van der Waals surface area contributed by atoms with Gasteiger partial charge in [-0.1, -0.05) is 48.0 Å². The maximum absolute atomic E-state index is 13.6. The summed E-state index contributed by atoms with van der Waals surface area (Å²) in [4.78, 5) is 2.14. The molecule has 0 aliphatic heterocycles. The Morgan fingerprint density at radius 3 is 2.62 bits per heavy atom. The number of aliphatic hydroxyl groups excluding tert-OH is 1. The maximum Gasteiger partial charge on any atom is 0.128 e. The molecule has 0 spiro atoms. The second-order valence-electron chi connectivity index (χ2n) is 5.55. The van der Waals surface area contributed by atoms with Crippen LogP contribution in [-0.4, -0.2) is 23.6 Å². The lowest BCUT2D eigenvalue weighted by atomic mass is 10.1. The van der Waals surface area contributed by atoms with E-state index in [2.05, 4.69) is 30.0 Å². The molecule has 0 aliphatic rings. The molecule has 2 aromatic rings. The summed E-state index contributed by atoms with van der Waals surface area (Å²) in [6.07, 6.45) is -0.241. The zero-order valence-electron chi connectivity index (χ0n) is 12.6. The number of halogens is 1. The lowest BCUT2D eigenvalue weighted by Gasteiger charge is -2.19. The van der Waals surface area contributed by atoms with Crippen LogP contribution in [0.4, 0.5) is 4.39 Å². The van der Waals surface area contributed by atoms with Crippen molar-refractivity contribution in [3.63, 3.8) is 0 Å². The van der Waals surface area contributed by atoms with Crippen molar-refractivity contribution in [1.29, 1.82) is 0 Å². The number of aliphatic hydroxyl groups is 1. The van der Waals surface area contributed by atoms with Gasteiger partial charge in [0.25, 0.3) is 0 Å². The fourth-order valence-corrected chi connectivity index (χ4v) is 2.44. The largest absolute Gasteiger partial charge is 0.388 e. The average Bonchev–Trinajstić information content (AvgIpc) is 2.45. The first-order chi connectivity index (χ1) is 10.1. The molecule has 0 aromatic heterocycles. The summed E-state index contributed by atoms with van der Waals surface area (Å²) >= 11 is 0. The smallest absolute Gasteiger partial charge is 0.128 e. The number of hydrogen-bond donors (Lipinski definition) is 1. The zero-order chi connectivity index (χ0) is 15.2. The van der Waals surface area contributed by atoms with Crippen LogP contribution >= 0.6 is 0 Å². The molecule has 0 amide bonds. The fraction of sp³-hybridized carbons (Fsp3) is 0.333. The first-order valence-electron chi connectivity index (χ1n) is 7.23. The van der Waals surface area contributed by atoms with E-state index in [1.807, 2.05) is 13.1 Å². The van der Waals surface area contributed by atoms with Crippen molar-refractivity contribution < 1.29 is 9.50 Å². The predicted molar refractivity (Wildman–Crippen MR) is 83.5 cm³/mol. The molecule has 2 nitrogen and oxygen atoms in total. The normalized spacial score (nSPS) is 12.6. The van der Waals surface area contributed by atoms with E-state index >= 15 is 0 Å². The molecule has 0 aliphatic carbocycles. The molecule has 2 rings (SSSR count). The van der Waals surface area contributed by atoms with Crippen LogP contribution in [0.2, 0.25) is 0 Å². The molecule has 0 saturated heterocycles. The molecule has 0 fully saturated rings. The Labute approximate surface area is 125 Å². The summed E-state index contributed by atoms with van der Waals surface area (Å²) in [5.74, 6) is -0.341. The Bertz CT molecular complexity index is 585. The maximum atomic E-state index is 13.6. The lowest BCUT2D eigenvalue weighted by molar-refractivity contribution is 0.144. The molecule has 21 heavy (non-hydrogen) atoms. The fourth-order valence-electron chi connectivity index (χ4n) is 2.44. The van der Waals surface area contributed by atoms with Gasteiger partial charge in [-0.05, 0) is 32.0 Å². The van der Waals surface area contributed by atoms with Crippen LogP contribution in [0.5, 0.6) is 0 Å². The lowest BCUT2D eigenvalue weighted by Crippen LogP contribution is -2.21. The molecule has 1 unspecified atom stereocenters. The number of aryl methyl sites for hydroxylation is 1. The SMILES string of the molecule is Cc1cccc(CN(C)CCC(O)c2ccccc2F)c1. The van der Waals surface area contributed by atoms with E-state index in [1.165, 1.54) is 17.2 Å². The van der Waals surface area contributed by atoms with Crippen LogP contribution in [0.25, 0.3) is 0 Å². The summed E-state index contributed by atoms with van der Waals surface area (Å²) in [5, 5.41) is 10.1. The van der Waals surface area contributed by atoms with Gasteiger partial charge < -0.3 is 10.0 Å². The summed E-state index contributed by atoms with van der Waals surface area (Å²) in [7, 11) is 2.01. The zero-order valence-corrected chi connectivity index (χ0v) is 12.6. The van der Waals surface area contributed by atoms with Crippen LogP contribution in [0, 0.1) is 12.7 Å². The number of nitrogens with zero attached hydrogens (tertiary/aromatic N) is 1. The third kappa shape index (κ3) is 4.66. The minimum absolute atomic E-state index is 0.341. The molecule has 0 saturated carbocycles. The molecule has 0 heterocycles. The Balaban J connectivity index is 1.86. The number of rotatable bonds is 6. The number of hydrogen-bond acceptors (Lipinski definition) is 2. The predicted octanol–water partition coefficient (Wildman–Crippen LogP) is 3.69. The van der Waals surface area contributed by atoms with Gasteiger partial charge in [-0.2, -0.15) is 0 Å². The minimum atomic E-state index is -0.758. The second kappa shape index (κ2) is 7.34. The Hall–Kier alpha value is -1.71. The average molecular weight is 287 g/mol. The van der Waals surface area contributed by atoms with E-state index in [4.69, 9.17) is 0 Å². The molecular weight excluding hydrogens is 265 g/mol. The van der Waals surface area contributed by atoms with Gasteiger partial charge in [0, 0.05) is 18.7 Å². The van der Waals surface area contributed by atoms with E-state index in [0.29, 0.717) is 18.5 Å². The highest BCUT2D eigenvalue weighted by Crippen LogP contribution is 2.20.